The summed E-state index contributed by atoms with van der Waals surface area (Å²) in [6, 6.07) is 20.4. The second-order valence-corrected chi connectivity index (χ2v) is 13.4. The highest BCUT2D eigenvalue weighted by Crippen LogP contribution is 2.47. The predicted molar refractivity (Wildman–Crippen MR) is 162 cm³/mol. The van der Waals surface area contributed by atoms with E-state index in [2.05, 4.69) is 10.0 Å². The van der Waals surface area contributed by atoms with Gasteiger partial charge in [0.15, 0.2) is 0 Å². The largest absolute Gasteiger partial charge is 0.355 e. The van der Waals surface area contributed by atoms with Crippen molar-refractivity contribution in [1.82, 2.24) is 14.9 Å². The zero-order chi connectivity index (χ0) is 29.1. The van der Waals surface area contributed by atoms with Gasteiger partial charge in [0.25, 0.3) is 5.91 Å². The molecule has 0 radical (unpaired) electrons. The molecule has 1 fully saturated rings. The van der Waals surface area contributed by atoms with E-state index in [1.165, 1.54) is 0 Å². The first-order valence-corrected chi connectivity index (χ1v) is 16.4. The van der Waals surface area contributed by atoms with Crippen LogP contribution in [-0.4, -0.2) is 50.0 Å². The van der Waals surface area contributed by atoms with Crippen molar-refractivity contribution in [1.29, 1.82) is 0 Å². The number of hydrogen-bond acceptors (Lipinski definition) is 4. The smallest absolute Gasteiger partial charge is 0.255 e. The molecule has 5 rings (SSSR count). The highest BCUT2D eigenvalue weighted by Gasteiger charge is 2.49. The summed E-state index contributed by atoms with van der Waals surface area (Å²) in [5.74, 6) is -1.26. The number of nitrogens with one attached hydrogen (secondary N) is 2. The molecule has 7 nitrogen and oxygen atoms in total. The Hall–Kier alpha value is -2.91. The van der Waals surface area contributed by atoms with Crippen LogP contribution in [0.1, 0.15) is 64.7 Å². The van der Waals surface area contributed by atoms with Gasteiger partial charge in [-0.15, -0.1) is 0 Å². The predicted octanol–water partition coefficient (Wildman–Crippen LogP) is 5.49. The summed E-state index contributed by atoms with van der Waals surface area (Å²) in [6.45, 7) is 0.415. The van der Waals surface area contributed by atoms with Crippen molar-refractivity contribution in [2.75, 3.05) is 12.8 Å². The third-order valence-corrected chi connectivity index (χ3v) is 9.24. The first kappa shape index (κ1) is 29.6. The Morgan fingerprint density at radius 1 is 0.951 bits per heavy atom. The first-order chi connectivity index (χ1) is 19.6. The third-order valence-electron chi connectivity index (χ3n) is 7.95. The Kier molecular flexibility index (Phi) is 9.04. The van der Waals surface area contributed by atoms with E-state index in [1.807, 2.05) is 42.5 Å². The van der Waals surface area contributed by atoms with Crippen LogP contribution >= 0.6 is 23.2 Å². The van der Waals surface area contributed by atoms with Gasteiger partial charge in [0, 0.05) is 34.2 Å². The van der Waals surface area contributed by atoms with Crippen LogP contribution in [0.3, 0.4) is 0 Å². The molecule has 2 amide bonds. The SMILES string of the molecule is CS(=O)(=O)N[C@H]1CCCC[C@@H]1N1C(=O)c2ccccc2[C@@H](C(=O)NCCc2ccccc2)[C@@H]1c1ccc(Cl)cc1Cl. The van der Waals surface area contributed by atoms with E-state index in [4.69, 9.17) is 23.2 Å². The van der Waals surface area contributed by atoms with Crippen molar-refractivity contribution in [3.05, 3.63) is 105 Å². The molecule has 1 aliphatic heterocycles. The number of sulfonamides is 1. The summed E-state index contributed by atoms with van der Waals surface area (Å²) in [6.07, 6.45) is 4.61. The summed E-state index contributed by atoms with van der Waals surface area (Å²) >= 11 is 13.0. The van der Waals surface area contributed by atoms with Gasteiger partial charge >= 0.3 is 0 Å². The van der Waals surface area contributed by atoms with Crippen LogP contribution in [0.2, 0.25) is 10.0 Å². The maximum absolute atomic E-state index is 14.3. The maximum Gasteiger partial charge on any atom is 0.255 e. The molecule has 0 saturated heterocycles. The fourth-order valence-electron chi connectivity index (χ4n) is 6.21. The monoisotopic (exact) mass is 613 g/mol. The minimum atomic E-state index is -3.55. The summed E-state index contributed by atoms with van der Waals surface area (Å²) in [5, 5.41) is 3.88. The average molecular weight is 615 g/mol. The standard InChI is InChI=1S/C31H33Cl2N3O4S/c1-41(39,40)35-26-13-7-8-14-27(26)36-29(24-16-15-21(32)19-25(24)33)28(22-11-5-6-12-23(22)31(36)38)30(37)34-18-17-20-9-3-2-4-10-20/h2-6,9-12,15-16,19,26-29,35H,7-8,13-14,17-18H2,1H3,(H,34,37)/t26-,27-,28+,29-/m0/s1. The van der Waals surface area contributed by atoms with Crippen LogP contribution in [-0.2, 0) is 21.2 Å². The number of amides is 2. The molecule has 0 bridgehead atoms. The summed E-state index contributed by atoms with van der Waals surface area (Å²) < 4.78 is 27.5. The average Bonchev–Trinajstić information content (AvgIpc) is 2.93. The van der Waals surface area contributed by atoms with Crippen molar-refractivity contribution < 1.29 is 18.0 Å². The number of fused-ring (bicyclic) bond motifs is 1. The molecule has 41 heavy (non-hydrogen) atoms. The Morgan fingerprint density at radius 3 is 2.39 bits per heavy atom. The zero-order valence-electron chi connectivity index (χ0n) is 22.7. The minimum Gasteiger partial charge on any atom is -0.355 e. The molecule has 3 aromatic carbocycles. The Morgan fingerprint density at radius 2 is 1.66 bits per heavy atom. The van der Waals surface area contributed by atoms with Gasteiger partial charge < -0.3 is 10.2 Å². The number of benzene rings is 3. The highest BCUT2D eigenvalue weighted by molar-refractivity contribution is 7.88. The lowest BCUT2D eigenvalue weighted by Crippen LogP contribution is -2.59. The van der Waals surface area contributed by atoms with E-state index in [1.54, 1.807) is 35.2 Å². The molecule has 1 saturated carbocycles. The molecule has 4 atom stereocenters. The van der Waals surface area contributed by atoms with Crippen LogP contribution in [0, 0.1) is 0 Å². The lowest BCUT2D eigenvalue weighted by molar-refractivity contribution is -0.124. The summed E-state index contributed by atoms with van der Waals surface area (Å²) in [5.41, 5.74) is 2.74. The van der Waals surface area contributed by atoms with Gasteiger partial charge in [-0.25, -0.2) is 13.1 Å². The Labute approximate surface area is 251 Å². The molecule has 1 aliphatic carbocycles. The van der Waals surface area contributed by atoms with Crippen LogP contribution in [0.15, 0.2) is 72.8 Å². The van der Waals surface area contributed by atoms with E-state index in [-0.39, 0.29) is 11.8 Å². The van der Waals surface area contributed by atoms with Gasteiger partial charge in [0.05, 0.1) is 18.2 Å². The van der Waals surface area contributed by atoms with E-state index in [0.717, 1.165) is 24.7 Å². The molecule has 216 valence electrons. The van der Waals surface area contributed by atoms with Crippen LogP contribution in [0.4, 0.5) is 0 Å². The molecule has 0 spiro atoms. The fourth-order valence-corrected chi connectivity index (χ4v) is 7.56. The molecule has 0 unspecified atom stereocenters. The minimum absolute atomic E-state index is 0.231. The van der Waals surface area contributed by atoms with Gasteiger partial charge in [0.2, 0.25) is 15.9 Å². The van der Waals surface area contributed by atoms with E-state index in [0.29, 0.717) is 52.5 Å². The fraction of sp³-hybridized carbons (Fsp3) is 0.355. The van der Waals surface area contributed by atoms with Gasteiger partial charge in [-0.1, -0.05) is 90.6 Å². The topological polar surface area (TPSA) is 95.6 Å². The molecule has 3 aromatic rings. The summed E-state index contributed by atoms with van der Waals surface area (Å²) in [4.78, 5) is 30.1. The normalized spacial score (nSPS) is 22.7. The highest BCUT2D eigenvalue weighted by atomic mass is 35.5. The van der Waals surface area contributed by atoms with Crippen molar-refractivity contribution >= 4 is 45.0 Å². The van der Waals surface area contributed by atoms with Gasteiger partial charge in [-0.2, -0.15) is 0 Å². The molecule has 1 heterocycles. The lowest BCUT2D eigenvalue weighted by Gasteiger charge is -2.49. The first-order valence-electron chi connectivity index (χ1n) is 13.8. The third kappa shape index (κ3) is 6.61. The second kappa shape index (κ2) is 12.5. The molecule has 0 aromatic heterocycles. The van der Waals surface area contributed by atoms with Crippen LogP contribution in [0.25, 0.3) is 0 Å². The van der Waals surface area contributed by atoms with Crippen LogP contribution < -0.4 is 10.0 Å². The van der Waals surface area contributed by atoms with Crippen molar-refractivity contribution in [3.63, 3.8) is 0 Å². The van der Waals surface area contributed by atoms with Gasteiger partial charge in [-0.3, -0.25) is 9.59 Å². The van der Waals surface area contributed by atoms with Crippen LogP contribution in [0.5, 0.6) is 0 Å². The number of nitrogens with zero attached hydrogens (tertiary/aromatic N) is 1. The number of rotatable bonds is 8. The van der Waals surface area contributed by atoms with Gasteiger partial charge in [0.1, 0.15) is 0 Å². The van der Waals surface area contributed by atoms with E-state index in [9.17, 15) is 18.0 Å². The maximum atomic E-state index is 14.3. The lowest BCUT2D eigenvalue weighted by atomic mass is 9.76. The summed E-state index contributed by atoms with van der Waals surface area (Å²) in [7, 11) is -3.55. The molecule has 10 heteroatoms. The Bertz CT molecular complexity index is 1530. The zero-order valence-corrected chi connectivity index (χ0v) is 25.1. The van der Waals surface area contributed by atoms with Crippen molar-refractivity contribution in [2.45, 2.75) is 56.1 Å². The second-order valence-electron chi connectivity index (χ2n) is 10.8. The number of halogens is 2. The molecular weight excluding hydrogens is 581 g/mol. The van der Waals surface area contributed by atoms with E-state index >= 15 is 0 Å². The van der Waals surface area contributed by atoms with Crippen molar-refractivity contribution in [2.24, 2.45) is 0 Å². The molecule has 2 N–H and O–H groups in total. The Balaban J connectivity index is 1.60. The number of hydrogen-bond donors (Lipinski definition) is 2. The van der Waals surface area contributed by atoms with E-state index < -0.39 is 34.1 Å². The number of carbonyl (C=O) groups is 2. The molecule has 2 aliphatic rings. The quantitative estimate of drug-likeness (QED) is 0.351. The van der Waals surface area contributed by atoms with Gasteiger partial charge in [-0.05, 0) is 54.2 Å². The van der Waals surface area contributed by atoms with Crippen molar-refractivity contribution in [3.8, 4) is 0 Å². The molecular formula is C31H33Cl2N3O4S. The number of carbonyl (C=O) groups excluding carboxylic acids is 2.